The highest BCUT2D eigenvalue weighted by molar-refractivity contribution is 5.81. The lowest BCUT2D eigenvalue weighted by atomic mass is 10.0. The van der Waals surface area contributed by atoms with E-state index in [0.717, 1.165) is 12.8 Å². The number of nitriles is 1. The van der Waals surface area contributed by atoms with Gasteiger partial charge in [0.2, 0.25) is 11.6 Å². The molecule has 0 saturated carbocycles. The molecule has 1 aromatic heterocycles. The largest absolute Gasteiger partial charge is 0.422 e. The summed E-state index contributed by atoms with van der Waals surface area (Å²) in [6, 6.07) is 8.01. The predicted octanol–water partition coefficient (Wildman–Crippen LogP) is 3.80. The molecular formula is C16H17N5O3. The van der Waals surface area contributed by atoms with E-state index in [-0.39, 0.29) is 23.2 Å². The number of nitro benzene ring substituents is 1. The lowest BCUT2D eigenvalue weighted by molar-refractivity contribution is -0.384. The zero-order valence-electron chi connectivity index (χ0n) is 13.4. The molecule has 0 aliphatic rings. The first-order valence-electron chi connectivity index (χ1n) is 7.53. The van der Waals surface area contributed by atoms with Crippen LogP contribution >= 0.6 is 0 Å². The third-order valence-electron chi connectivity index (χ3n) is 3.55. The van der Waals surface area contributed by atoms with Gasteiger partial charge in [-0.2, -0.15) is 10.4 Å². The summed E-state index contributed by atoms with van der Waals surface area (Å²) in [6.07, 6.45) is 3.13. The minimum absolute atomic E-state index is 0.0210. The Morgan fingerprint density at radius 3 is 2.88 bits per heavy atom. The summed E-state index contributed by atoms with van der Waals surface area (Å²) < 4.78 is 5.58. The van der Waals surface area contributed by atoms with Crippen molar-refractivity contribution in [1.82, 2.24) is 4.98 Å². The Morgan fingerprint density at radius 2 is 2.25 bits per heavy atom. The Balaban J connectivity index is 2.15. The fraction of sp³-hybridized carbons (Fsp3) is 0.312. The molecule has 0 atom stereocenters. The summed E-state index contributed by atoms with van der Waals surface area (Å²) in [6.45, 7) is 4.05. The normalized spacial score (nSPS) is 10.9. The molecule has 0 aliphatic heterocycles. The van der Waals surface area contributed by atoms with Crippen LogP contribution < -0.4 is 5.43 Å². The van der Waals surface area contributed by atoms with E-state index in [9.17, 15) is 10.1 Å². The van der Waals surface area contributed by atoms with E-state index in [1.165, 1.54) is 18.3 Å². The summed E-state index contributed by atoms with van der Waals surface area (Å²) >= 11 is 0. The number of anilines is 1. The predicted molar refractivity (Wildman–Crippen MR) is 88.9 cm³/mol. The molecule has 2 aromatic rings. The van der Waals surface area contributed by atoms with Gasteiger partial charge < -0.3 is 4.42 Å². The molecule has 0 unspecified atom stereocenters. The Morgan fingerprint density at radius 1 is 1.50 bits per heavy atom. The van der Waals surface area contributed by atoms with Crippen molar-refractivity contribution in [1.29, 1.82) is 5.26 Å². The van der Waals surface area contributed by atoms with Gasteiger partial charge in [0.25, 0.3) is 11.6 Å². The average Bonchev–Trinajstić information content (AvgIpc) is 2.99. The zero-order chi connectivity index (χ0) is 17.5. The van der Waals surface area contributed by atoms with Gasteiger partial charge in [0, 0.05) is 23.6 Å². The van der Waals surface area contributed by atoms with Crippen LogP contribution in [-0.2, 0) is 0 Å². The first kappa shape index (κ1) is 17.1. The van der Waals surface area contributed by atoms with Crippen LogP contribution in [0.5, 0.6) is 0 Å². The molecule has 1 aromatic carbocycles. The molecule has 8 heteroatoms. The molecule has 1 heterocycles. The minimum atomic E-state index is -0.475. The molecule has 0 bridgehead atoms. The van der Waals surface area contributed by atoms with E-state index in [4.69, 9.17) is 9.68 Å². The molecule has 8 nitrogen and oxygen atoms in total. The Hall–Kier alpha value is -3.21. The van der Waals surface area contributed by atoms with Gasteiger partial charge in [-0.25, -0.2) is 10.4 Å². The van der Waals surface area contributed by atoms with Crippen molar-refractivity contribution in [2.24, 2.45) is 5.10 Å². The standard InChI is InChI=1S/C16H17N5O3/c1-3-12(4-2)15-19-14(9-17)16(24-15)20-18-10-11-6-5-7-13(8-11)21(22)23/h5-8,10,12,20H,3-4H2,1-2H3/b18-10+. The van der Waals surface area contributed by atoms with Gasteiger partial charge in [0.1, 0.15) is 6.07 Å². The van der Waals surface area contributed by atoms with Crippen molar-refractivity contribution in [3.63, 3.8) is 0 Å². The first-order chi connectivity index (χ1) is 11.6. The molecule has 0 spiro atoms. The molecule has 0 fully saturated rings. The molecular weight excluding hydrogens is 310 g/mol. The van der Waals surface area contributed by atoms with Gasteiger partial charge in [-0.3, -0.25) is 10.1 Å². The van der Waals surface area contributed by atoms with Gasteiger partial charge in [-0.15, -0.1) is 0 Å². The summed E-state index contributed by atoms with van der Waals surface area (Å²) in [4.78, 5) is 14.4. The van der Waals surface area contributed by atoms with Gasteiger partial charge in [-0.05, 0) is 12.8 Å². The summed E-state index contributed by atoms with van der Waals surface area (Å²) in [5.41, 5.74) is 3.30. The summed E-state index contributed by atoms with van der Waals surface area (Å²) in [5, 5.41) is 23.8. The van der Waals surface area contributed by atoms with Crippen molar-refractivity contribution < 1.29 is 9.34 Å². The first-order valence-corrected chi connectivity index (χ1v) is 7.53. The maximum absolute atomic E-state index is 10.7. The lowest BCUT2D eigenvalue weighted by Gasteiger charge is -2.05. The third kappa shape index (κ3) is 3.95. The average molecular weight is 327 g/mol. The van der Waals surface area contributed by atoms with Crippen LogP contribution in [0.15, 0.2) is 33.8 Å². The molecule has 124 valence electrons. The number of hydrogen-bond acceptors (Lipinski definition) is 7. The van der Waals surface area contributed by atoms with Crippen LogP contribution in [-0.4, -0.2) is 16.1 Å². The van der Waals surface area contributed by atoms with E-state index in [1.807, 2.05) is 19.9 Å². The number of aromatic nitrogens is 1. The molecule has 1 N–H and O–H groups in total. The van der Waals surface area contributed by atoms with Gasteiger partial charge >= 0.3 is 0 Å². The van der Waals surface area contributed by atoms with Crippen LogP contribution in [0.1, 0.15) is 49.8 Å². The number of nitro groups is 1. The number of hydrazone groups is 1. The SMILES string of the molecule is CCC(CC)c1nc(C#N)c(N/N=C/c2cccc([N+](=O)[O-])c2)o1. The van der Waals surface area contributed by atoms with Crippen molar-refractivity contribution in [3.8, 4) is 6.07 Å². The molecule has 24 heavy (non-hydrogen) atoms. The van der Waals surface area contributed by atoms with Crippen LogP contribution in [0.4, 0.5) is 11.6 Å². The highest BCUT2D eigenvalue weighted by Gasteiger charge is 2.18. The third-order valence-corrected chi connectivity index (χ3v) is 3.55. The highest BCUT2D eigenvalue weighted by atomic mass is 16.6. The minimum Gasteiger partial charge on any atom is -0.422 e. The number of hydrogen-bond donors (Lipinski definition) is 1. The van der Waals surface area contributed by atoms with Crippen LogP contribution in [0.3, 0.4) is 0 Å². The van der Waals surface area contributed by atoms with E-state index in [2.05, 4.69) is 15.5 Å². The van der Waals surface area contributed by atoms with Crippen LogP contribution in [0.25, 0.3) is 0 Å². The molecule has 0 amide bonds. The fourth-order valence-electron chi connectivity index (χ4n) is 2.18. The van der Waals surface area contributed by atoms with E-state index in [1.54, 1.807) is 12.1 Å². The van der Waals surface area contributed by atoms with Crippen LogP contribution in [0, 0.1) is 21.4 Å². The van der Waals surface area contributed by atoms with Crippen molar-refractivity contribution in [2.75, 3.05) is 5.43 Å². The lowest BCUT2D eigenvalue weighted by Crippen LogP contribution is -1.95. The molecule has 0 saturated heterocycles. The number of nitrogens with one attached hydrogen (secondary N) is 1. The number of rotatable bonds is 7. The summed E-state index contributed by atoms with van der Waals surface area (Å²) in [5.74, 6) is 0.819. The number of nitrogens with zero attached hydrogens (tertiary/aromatic N) is 4. The topological polar surface area (TPSA) is 117 Å². The molecule has 0 aliphatic carbocycles. The van der Waals surface area contributed by atoms with Crippen molar-refractivity contribution in [2.45, 2.75) is 32.6 Å². The highest BCUT2D eigenvalue weighted by Crippen LogP contribution is 2.27. The second kappa shape index (κ2) is 7.87. The monoisotopic (exact) mass is 327 g/mol. The Kier molecular flexibility index (Phi) is 5.63. The quantitative estimate of drug-likeness (QED) is 0.469. The number of non-ortho nitro benzene ring substituents is 1. The van der Waals surface area contributed by atoms with E-state index in [0.29, 0.717) is 11.5 Å². The zero-order valence-corrected chi connectivity index (χ0v) is 13.4. The second-order valence-corrected chi connectivity index (χ2v) is 5.08. The maximum atomic E-state index is 10.7. The summed E-state index contributed by atoms with van der Waals surface area (Å²) in [7, 11) is 0. The fourth-order valence-corrected chi connectivity index (χ4v) is 2.18. The number of oxazole rings is 1. The van der Waals surface area contributed by atoms with Crippen molar-refractivity contribution in [3.05, 3.63) is 51.5 Å². The van der Waals surface area contributed by atoms with E-state index < -0.39 is 4.92 Å². The molecule has 0 radical (unpaired) electrons. The van der Waals surface area contributed by atoms with Gasteiger partial charge in [0.05, 0.1) is 11.1 Å². The van der Waals surface area contributed by atoms with E-state index >= 15 is 0 Å². The van der Waals surface area contributed by atoms with Gasteiger partial charge in [0.15, 0.2) is 0 Å². The van der Waals surface area contributed by atoms with Crippen molar-refractivity contribution >= 4 is 17.8 Å². The number of benzene rings is 1. The van der Waals surface area contributed by atoms with Gasteiger partial charge in [-0.1, -0.05) is 26.0 Å². The second-order valence-electron chi connectivity index (χ2n) is 5.08. The maximum Gasteiger partial charge on any atom is 0.270 e. The smallest absolute Gasteiger partial charge is 0.270 e. The Labute approximate surface area is 139 Å². The Bertz CT molecular complexity index is 787. The molecule has 2 rings (SSSR count). The van der Waals surface area contributed by atoms with Crippen LogP contribution in [0.2, 0.25) is 0 Å².